The van der Waals surface area contributed by atoms with Gasteiger partial charge in [0.05, 0.1) is 7.11 Å². The lowest BCUT2D eigenvalue weighted by molar-refractivity contribution is 0.0913. The molecule has 1 aliphatic carbocycles. The van der Waals surface area contributed by atoms with Crippen LogP contribution in [0.1, 0.15) is 42.5 Å². The molecule has 1 amide bonds. The number of ether oxygens (including phenoxy) is 1. The molecule has 21 heavy (non-hydrogen) atoms. The fourth-order valence-electron chi connectivity index (χ4n) is 2.93. The van der Waals surface area contributed by atoms with E-state index in [0.717, 1.165) is 25.7 Å². The molecular weight excluding hydrogens is 271 g/mol. The number of nitrogens with two attached hydrogens (primary N) is 1. The van der Waals surface area contributed by atoms with E-state index in [1.807, 2.05) is 0 Å². The quantitative estimate of drug-likeness (QED) is 0.877. The Hall–Kier alpha value is -1.62. The highest BCUT2D eigenvalue weighted by molar-refractivity contribution is 5.94. The summed E-state index contributed by atoms with van der Waals surface area (Å²) in [5, 5.41) is 2.90. The second kappa shape index (κ2) is 6.89. The Labute approximate surface area is 124 Å². The van der Waals surface area contributed by atoms with Crippen molar-refractivity contribution >= 4 is 5.91 Å². The van der Waals surface area contributed by atoms with E-state index < -0.39 is 5.82 Å². The number of hydrogen-bond donors (Lipinski definition) is 2. The summed E-state index contributed by atoms with van der Waals surface area (Å²) in [5.74, 6) is -0.663. The molecule has 0 saturated heterocycles. The van der Waals surface area contributed by atoms with Crippen LogP contribution in [0, 0.1) is 11.2 Å². The van der Waals surface area contributed by atoms with Gasteiger partial charge in [-0.15, -0.1) is 0 Å². The summed E-state index contributed by atoms with van der Waals surface area (Å²) in [6.45, 7) is 1.13. The van der Waals surface area contributed by atoms with Crippen LogP contribution < -0.4 is 15.8 Å². The zero-order valence-corrected chi connectivity index (χ0v) is 12.5. The molecule has 0 aromatic heterocycles. The molecule has 1 aromatic carbocycles. The van der Waals surface area contributed by atoms with Gasteiger partial charge in [0.1, 0.15) is 0 Å². The van der Waals surface area contributed by atoms with E-state index in [1.165, 1.54) is 25.7 Å². The van der Waals surface area contributed by atoms with E-state index in [-0.39, 0.29) is 17.1 Å². The van der Waals surface area contributed by atoms with Crippen molar-refractivity contribution in [3.8, 4) is 5.75 Å². The summed E-state index contributed by atoms with van der Waals surface area (Å²) in [5.41, 5.74) is 6.20. The van der Waals surface area contributed by atoms with Gasteiger partial charge in [-0.3, -0.25) is 4.79 Å². The zero-order chi connectivity index (χ0) is 15.3. The largest absolute Gasteiger partial charge is 0.494 e. The van der Waals surface area contributed by atoms with Crippen LogP contribution >= 0.6 is 0 Å². The molecule has 1 fully saturated rings. The van der Waals surface area contributed by atoms with E-state index >= 15 is 0 Å². The first-order valence-electron chi connectivity index (χ1n) is 7.42. The van der Waals surface area contributed by atoms with Gasteiger partial charge in [-0.25, -0.2) is 4.39 Å². The SMILES string of the molecule is COc1ccc(C(=O)NCC2(CN)CCCCC2)cc1F. The van der Waals surface area contributed by atoms with E-state index in [2.05, 4.69) is 5.32 Å². The Morgan fingerprint density at radius 1 is 1.38 bits per heavy atom. The van der Waals surface area contributed by atoms with Crippen molar-refractivity contribution in [2.45, 2.75) is 32.1 Å². The molecule has 0 aliphatic heterocycles. The van der Waals surface area contributed by atoms with Gasteiger partial charge in [-0.1, -0.05) is 19.3 Å². The number of rotatable bonds is 5. The molecule has 5 heteroatoms. The summed E-state index contributed by atoms with van der Waals surface area (Å²) in [6, 6.07) is 4.22. The molecule has 0 unspecified atom stereocenters. The normalized spacial score (nSPS) is 17.3. The van der Waals surface area contributed by atoms with Crippen LogP contribution in [0.25, 0.3) is 0 Å². The second-order valence-corrected chi connectivity index (χ2v) is 5.80. The predicted octanol–water partition coefficient (Wildman–Crippen LogP) is 2.47. The lowest BCUT2D eigenvalue weighted by Crippen LogP contribution is -2.43. The minimum atomic E-state index is -0.531. The van der Waals surface area contributed by atoms with E-state index in [0.29, 0.717) is 18.7 Å². The molecule has 2 rings (SSSR count). The lowest BCUT2D eigenvalue weighted by Gasteiger charge is -2.36. The number of halogens is 1. The topological polar surface area (TPSA) is 64.3 Å². The van der Waals surface area contributed by atoms with Gasteiger partial charge >= 0.3 is 0 Å². The van der Waals surface area contributed by atoms with Crippen LogP contribution in [0.3, 0.4) is 0 Å². The maximum Gasteiger partial charge on any atom is 0.251 e. The second-order valence-electron chi connectivity index (χ2n) is 5.80. The molecule has 1 aromatic rings. The Morgan fingerprint density at radius 2 is 2.10 bits per heavy atom. The Bertz CT molecular complexity index is 499. The fraction of sp³-hybridized carbons (Fsp3) is 0.562. The maximum atomic E-state index is 13.6. The standard InChI is InChI=1S/C16H23FN2O2/c1-21-14-6-5-12(9-13(14)17)15(20)19-11-16(10-18)7-3-2-4-8-16/h5-6,9H,2-4,7-8,10-11,18H2,1H3,(H,19,20). The number of benzene rings is 1. The van der Waals surface area contributed by atoms with Crippen molar-refractivity contribution in [1.29, 1.82) is 0 Å². The van der Waals surface area contributed by atoms with Gasteiger partial charge in [0, 0.05) is 12.1 Å². The van der Waals surface area contributed by atoms with Crippen LogP contribution in [-0.2, 0) is 0 Å². The van der Waals surface area contributed by atoms with Crippen molar-refractivity contribution in [3.05, 3.63) is 29.6 Å². The molecular formula is C16H23FN2O2. The Kier molecular flexibility index (Phi) is 5.17. The monoisotopic (exact) mass is 294 g/mol. The molecule has 0 bridgehead atoms. The highest BCUT2D eigenvalue weighted by Crippen LogP contribution is 2.34. The highest BCUT2D eigenvalue weighted by Gasteiger charge is 2.31. The van der Waals surface area contributed by atoms with Crippen LogP contribution in [0.4, 0.5) is 4.39 Å². The van der Waals surface area contributed by atoms with Gasteiger partial charge in [-0.2, -0.15) is 0 Å². The highest BCUT2D eigenvalue weighted by atomic mass is 19.1. The summed E-state index contributed by atoms with van der Waals surface area (Å²) in [4.78, 5) is 12.1. The Morgan fingerprint density at radius 3 is 2.67 bits per heavy atom. The number of nitrogens with one attached hydrogen (secondary N) is 1. The molecule has 1 aliphatic rings. The zero-order valence-electron chi connectivity index (χ0n) is 12.5. The first kappa shape index (κ1) is 15.8. The van der Waals surface area contributed by atoms with Crippen molar-refractivity contribution in [1.82, 2.24) is 5.32 Å². The van der Waals surface area contributed by atoms with E-state index in [1.54, 1.807) is 6.07 Å². The average molecular weight is 294 g/mol. The van der Waals surface area contributed by atoms with Gasteiger partial charge in [0.15, 0.2) is 11.6 Å². The van der Waals surface area contributed by atoms with E-state index in [4.69, 9.17) is 10.5 Å². The van der Waals surface area contributed by atoms with Gasteiger partial charge in [0.2, 0.25) is 0 Å². The van der Waals surface area contributed by atoms with Crippen molar-refractivity contribution in [3.63, 3.8) is 0 Å². The third-order valence-corrected chi connectivity index (χ3v) is 4.39. The van der Waals surface area contributed by atoms with Gasteiger partial charge in [0.25, 0.3) is 5.91 Å². The molecule has 0 radical (unpaired) electrons. The molecule has 0 atom stereocenters. The summed E-state index contributed by atoms with van der Waals surface area (Å²) >= 11 is 0. The number of carbonyl (C=O) groups excluding carboxylic acids is 1. The molecule has 4 nitrogen and oxygen atoms in total. The molecule has 1 saturated carbocycles. The average Bonchev–Trinajstić information content (AvgIpc) is 2.53. The van der Waals surface area contributed by atoms with Crippen molar-refractivity contribution in [2.75, 3.05) is 20.2 Å². The summed E-state index contributed by atoms with van der Waals surface area (Å²) in [6.07, 6.45) is 5.63. The van der Waals surface area contributed by atoms with Crippen LogP contribution in [0.5, 0.6) is 5.75 Å². The van der Waals surface area contributed by atoms with E-state index in [9.17, 15) is 9.18 Å². The molecule has 116 valence electrons. The molecule has 0 spiro atoms. The first-order valence-corrected chi connectivity index (χ1v) is 7.42. The molecule has 3 N–H and O–H groups in total. The third kappa shape index (κ3) is 3.73. The van der Waals surface area contributed by atoms with Gasteiger partial charge in [-0.05, 0) is 43.0 Å². The number of amides is 1. The fourth-order valence-corrected chi connectivity index (χ4v) is 2.93. The predicted molar refractivity (Wildman–Crippen MR) is 79.9 cm³/mol. The van der Waals surface area contributed by atoms with Gasteiger partial charge < -0.3 is 15.8 Å². The molecule has 0 heterocycles. The summed E-state index contributed by atoms with van der Waals surface area (Å²) < 4.78 is 18.5. The smallest absolute Gasteiger partial charge is 0.251 e. The Balaban J connectivity index is 1.99. The maximum absolute atomic E-state index is 13.6. The third-order valence-electron chi connectivity index (χ3n) is 4.39. The van der Waals surface area contributed by atoms with Crippen molar-refractivity contribution in [2.24, 2.45) is 11.1 Å². The lowest BCUT2D eigenvalue weighted by atomic mass is 9.74. The summed E-state index contributed by atoms with van der Waals surface area (Å²) in [7, 11) is 1.40. The minimum Gasteiger partial charge on any atom is -0.494 e. The minimum absolute atomic E-state index is 0.00107. The van der Waals surface area contributed by atoms with Crippen LogP contribution in [-0.4, -0.2) is 26.1 Å². The van der Waals surface area contributed by atoms with Crippen molar-refractivity contribution < 1.29 is 13.9 Å². The number of carbonyl (C=O) groups is 1. The number of methoxy groups -OCH3 is 1. The van der Waals surface area contributed by atoms with Crippen LogP contribution in [0.2, 0.25) is 0 Å². The number of hydrogen-bond acceptors (Lipinski definition) is 3. The first-order chi connectivity index (χ1) is 10.1. The van der Waals surface area contributed by atoms with Crippen LogP contribution in [0.15, 0.2) is 18.2 Å².